The van der Waals surface area contributed by atoms with Crippen molar-refractivity contribution in [2.75, 3.05) is 43.0 Å². The fourth-order valence-corrected chi connectivity index (χ4v) is 5.36. The van der Waals surface area contributed by atoms with E-state index in [4.69, 9.17) is 5.10 Å². The molecule has 7 nitrogen and oxygen atoms in total. The highest BCUT2D eigenvalue weighted by atomic mass is 32.1. The first-order valence-electron chi connectivity index (χ1n) is 11.5. The van der Waals surface area contributed by atoms with Gasteiger partial charge in [-0.15, -0.1) is 0 Å². The van der Waals surface area contributed by atoms with E-state index in [2.05, 4.69) is 40.3 Å². The molecule has 1 aliphatic rings. The number of fused-ring (bicyclic) bond motifs is 1. The maximum Gasteiger partial charge on any atom is 0.192 e. The minimum Gasteiger partial charge on any atom is -0.369 e. The summed E-state index contributed by atoms with van der Waals surface area (Å²) in [5.74, 6) is -1.04. The molecule has 1 saturated heterocycles. The first kappa shape index (κ1) is 23.2. The van der Waals surface area contributed by atoms with Crippen LogP contribution in [0.25, 0.3) is 22.2 Å². The Morgan fingerprint density at radius 1 is 1.17 bits per heavy atom. The second kappa shape index (κ2) is 9.24. The number of halogens is 2. The Morgan fingerprint density at radius 3 is 2.63 bits per heavy atom. The number of anilines is 3. The first-order valence-corrected chi connectivity index (χ1v) is 12.3. The number of piperazine rings is 1. The Hall–Kier alpha value is -3.55. The van der Waals surface area contributed by atoms with Crippen LogP contribution in [0, 0.1) is 29.9 Å². The van der Waals surface area contributed by atoms with E-state index in [-0.39, 0.29) is 0 Å². The van der Waals surface area contributed by atoms with Gasteiger partial charge in [-0.05, 0) is 49.7 Å². The number of nitrogens with one attached hydrogen (secondary N) is 1. The highest BCUT2D eigenvalue weighted by molar-refractivity contribution is 7.16. The smallest absolute Gasteiger partial charge is 0.192 e. The lowest BCUT2D eigenvalue weighted by molar-refractivity contribution is 0.509. The number of hydrogen-bond donors (Lipinski definition) is 1. The molecular weight excluding hydrogens is 468 g/mol. The molecule has 0 atom stereocenters. The van der Waals surface area contributed by atoms with E-state index in [0.717, 1.165) is 66.3 Å². The van der Waals surface area contributed by atoms with Gasteiger partial charge in [-0.2, -0.15) is 10.4 Å². The summed E-state index contributed by atoms with van der Waals surface area (Å²) in [6.07, 6.45) is 0. The molecular formula is C25H25F2N7S. The van der Waals surface area contributed by atoms with E-state index in [0.29, 0.717) is 27.8 Å². The van der Waals surface area contributed by atoms with Crippen LogP contribution in [0.4, 0.5) is 25.4 Å². The molecule has 1 fully saturated rings. The summed E-state index contributed by atoms with van der Waals surface area (Å²) in [4.78, 5) is 9.30. The Kier molecular flexibility index (Phi) is 6.13. The van der Waals surface area contributed by atoms with Crippen molar-refractivity contribution in [3.8, 4) is 17.3 Å². The number of thiazole rings is 1. The van der Waals surface area contributed by atoms with Gasteiger partial charge in [-0.1, -0.05) is 11.3 Å². The summed E-state index contributed by atoms with van der Waals surface area (Å²) in [6, 6.07) is 10.1. The summed E-state index contributed by atoms with van der Waals surface area (Å²) < 4.78 is 29.3. The van der Waals surface area contributed by atoms with Crippen LogP contribution in [0.1, 0.15) is 17.4 Å². The van der Waals surface area contributed by atoms with Gasteiger partial charge in [-0.3, -0.25) is 0 Å². The van der Waals surface area contributed by atoms with Gasteiger partial charge in [0.15, 0.2) is 16.8 Å². The van der Waals surface area contributed by atoms with Crippen molar-refractivity contribution >= 4 is 38.9 Å². The zero-order valence-electron chi connectivity index (χ0n) is 19.8. The van der Waals surface area contributed by atoms with Gasteiger partial charge in [0, 0.05) is 56.4 Å². The minimum absolute atomic E-state index is 0.336. The molecule has 0 spiro atoms. The maximum atomic E-state index is 13.9. The van der Waals surface area contributed by atoms with Crippen LogP contribution in [0.2, 0.25) is 0 Å². The normalized spacial score (nSPS) is 13.9. The fraction of sp³-hybridized carbons (Fsp3) is 0.320. The van der Waals surface area contributed by atoms with Crippen LogP contribution in [-0.2, 0) is 6.54 Å². The number of aromatic nitrogens is 3. The highest BCUT2D eigenvalue weighted by Crippen LogP contribution is 2.39. The van der Waals surface area contributed by atoms with Crippen LogP contribution in [0.15, 0.2) is 30.3 Å². The monoisotopic (exact) mass is 493 g/mol. The van der Waals surface area contributed by atoms with Crippen LogP contribution in [0.5, 0.6) is 0 Å². The third kappa shape index (κ3) is 4.11. The molecule has 0 amide bonds. The van der Waals surface area contributed by atoms with Gasteiger partial charge in [-0.25, -0.2) is 18.4 Å². The number of benzene rings is 2. The van der Waals surface area contributed by atoms with Gasteiger partial charge in [0.25, 0.3) is 0 Å². The predicted molar refractivity (Wildman–Crippen MR) is 135 cm³/mol. The molecule has 4 aromatic rings. The molecule has 3 heterocycles. The molecule has 5 rings (SSSR count). The van der Waals surface area contributed by atoms with Crippen LogP contribution >= 0.6 is 11.3 Å². The predicted octanol–water partition coefficient (Wildman–Crippen LogP) is 4.82. The van der Waals surface area contributed by atoms with E-state index in [1.54, 1.807) is 0 Å². The van der Waals surface area contributed by atoms with Crippen molar-refractivity contribution < 1.29 is 8.78 Å². The zero-order valence-corrected chi connectivity index (χ0v) is 20.6. The van der Waals surface area contributed by atoms with Gasteiger partial charge >= 0.3 is 0 Å². The van der Waals surface area contributed by atoms with E-state index in [9.17, 15) is 14.0 Å². The van der Waals surface area contributed by atoms with Crippen molar-refractivity contribution in [2.45, 2.75) is 20.4 Å². The van der Waals surface area contributed by atoms with Gasteiger partial charge < -0.3 is 15.1 Å². The first-order chi connectivity index (χ1) is 16.9. The van der Waals surface area contributed by atoms with Crippen molar-refractivity contribution in [2.24, 2.45) is 0 Å². The highest BCUT2D eigenvalue weighted by Gasteiger charge is 2.24. The fourth-order valence-electron chi connectivity index (χ4n) is 4.51. The number of nitriles is 1. The average molecular weight is 494 g/mol. The summed E-state index contributed by atoms with van der Waals surface area (Å²) >= 11 is 1.21. The molecule has 0 radical (unpaired) electrons. The average Bonchev–Trinajstić information content (AvgIpc) is 3.48. The second-order valence-corrected chi connectivity index (χ2v) is 9.49. The summed E-state index contributed by atoms with van der Waals surface area (Å²) in [6.45, 7) is 8.53. The molecule has 10 heteroatoms. The molecule has 2 aromatic carbocycles. The molecule has 0 aliphatic carbocycles. The molecule has 0 unspecified atom stereocenters. The largest absolute Gasteiger partial charge is 0.369 e. The number of nitrogens with zero attached hydrogens (tertiary/aromatic N) is 6. The van der Waals surface area contributed by atoms with E-state index in [1.165, 1.54) is 17.4 Å². The van der Waals surface area contributed by atoms with Crippen molar-refractivity contribution in [3.63, 3.8) is 0 Å². The molecule has 0 bridgehead atoms. The second-order valence-electron chi connectivity index (χ2n) is 8.51. The Balaban J connectivity index is 1.62. The van der Waals surface area contributed by atoms with E-state index in [1.807, 2.05) is 23.6 Å². The van der Waals surface area contributed by atoms with Gasteiger partial charge in [0.05, 0.1) is 5.52 Å². The standard InChI is InChI=1S/C25H25F2N7S/c1-4-34-24(18-13-17(11-15(2)22(18)31-34)33-9-7-29-8-10-33)32(3)25-30-23(21(14-28)35-25)16-5-6-19(26)20(27)12-16/h5-6,11-13,29H,4,7-10H2,1-3H3. The van der Waals surface area contributed by atoms with Crippen molar-refractivity contribution in [1.29, 1.82) is 5.26 Å². The SMILES string of the molecule is CCn1nc2c(C)cc(N3CCNCC3)cc2c1N(C)c1nc(-c2ccc(F)c(F)c2)c(C#N)s1. The number of hydrogen-bond acceptors (Lipinski definition) is 7. The molecule has 0 saturated carbocycles. The van der Waals surface area contributed by atoms with Gasteiger partial charge in [0.1, 0.15) is 22.5 Å². The third-order valence-corrected chi connectivity index (χ3v) is 7.32. The van der Waals surface area contributed by atoms with Crippen LogP contribution in [-0.4, -0.2) is 48.0 Å². The van der Waals surface area contributed by atoms with Gasteiger partial charge in [0.2, 0.25) is 0 Å². The van der Waals surface area contributed by atoms with Crippen LogP contribution in [0.3, 0.4) is 0 Å². The number of aryl methyl sites for hydroxylation is 2. The number of rotatable bonds is 5. The molecule has 180 valence electrons. The van der Waals surface area contributed by atoms with E-state index < -0.39 is 11.6 Å². The minimum atomic E-state index is -0.972. The summed E-state index contributed by atoms with van der Waals surface area (Å²) in [5, 5.41) is 19.5. The van der Waals surface area contributed by atoms with E-state index >= 15 is 0 Å². The molecule has 1 N–H and O–H groups in total. The molecule has 2 aromatic heterocycles. The maximum absolute atomic E-state index is 13.9. The molecule has 35 heavy (non-hydrogen) atoms. The lowest BCUT2D eigenvalue weighted by Crippen LogP contribution is -2.43. The topological polar surface area (TPSA) is 73.0 Å². The summed E-state index contributed by atoms with van der Waals surface area (Å²) in [5.41, 5.74) is 3.87. The quantitative estimate of drug-likeness (QED) is 0.430. The Morgan fingerprint density at radius 2 is 1.94 bits per heavy atom. The summed E-state index contributed by atoms with van der Waals surface area (Å²) in [7, 11) is 1.89. The lowest BCUT2D eigenvalue weighted by atomic mass is 10.1. The Labute approximate surface area is 206 Å². The lowest BCUT2D eigenvalue weighted by Gasteiger charge is -2.30. The zero-order chi connectivity index (χ0) is 24.7. The molecule has 1 aliphatic heterocycles. The Bertz CT molecular complexity index is 1450. The van der Waals surface area contributed by atoms with Crippen molar-refractivity contribution in [3.05, 3.63) is 52.4 Å². The van der Waals surface area contributed by atoms with Crippen LogP contribution < -0.4 is 15.1 Å². The van der Waals surface area contributed by atoms with Crippen molar-refractivity contribution in [1.82, 2.24) is 20.1 Å². The third-order valence-electron chi connectivity index (χ3n) is 6.29.